The molecule has 0 aliphatic rings. The van der Waals surface area contributed by atoms with Crippen LogP contribution in [-0.4, -0.2) is 31.6 Å². The van der Waals surface area contributed by atoms with Crippen molar-refractivity contribution in [2.75, 3.05) is 5.32 Å². The molecule has 1 aromatic carbocycles. The van der Waals surface area contributed by atoms with Gasteiger partial charge in [0.15, 0.2) is 6.10 Å². The topological polar surface area (TPSA) is 74.0 Å². The number of para-hydroxylation sites is 1. The molecule has 0 aliphatic carbocycles. The minimum absolute atomic E-state index is 0.235. The fourth-order valence-electron chi connectivity index (χ4n) is 2.42. The number of anilines is 1. The van der Waals surface area contributed by atoms with Crippen LogP contribution in [0.2, 0.25) is 0 Å². The van der Waals surface area contributed by atoms with Gasteiger partial charge in [0.1, 0.15) is 0 Å². The van der Waals surface area contributed by atoms with Crippen LogP contribution < -0.4 is 10.1 Å². The summed E-state index contributed by atoms with van der Waals surface area (Å²) in [5.74, 6) is 0.191. The zero-order valence-corrected chi connectivity index (χ0v) is 15.4. The summed E-state index contributed by atoms with van der Waals surface area (Å²) >= 11 is 0. The highest BCUT2D eigenvalue weighted by Crippen LogP contribution is 2.19. The second-order valence-corrected chi connectivity index (χ2v) is 6.45. The molecule has 7 nitrogen and oxygen atoms in total. The maximum atomic E-state index is 12.4. The highest BCUT2D eigenvalue weighted by molar-refractivity contribution is 5.93. The van der Waals surface area contributed by atoms with Crippen LogP contribution in [0.1, 0.15) is 32.4 Å². The van der Waals surface area contributed by atoms with E-state index in [9.17, 15) is 4.79 Å². The molecule has 2 aromatic heterocycles. The van der Waals surface area contributed by atoms with E-state index in [1.54, 1.807) is 28.7 Å². The molecule has 0 saturated carbocycles. The Kier molecular flexibility index (Phi) is 5.06. The Balaban J connectivity index is 1.66. The van der Waals surface area contributed by atoms with Gasteiger partial charge in [-0.25, -0.2) is 4.68 Å². The quantitative estimate of drug-likeness (QED) is 0.737. The summed E-state index contributed by atoms with van der Waals surface area (Å²) in [6, 6.07) is 9.99. The number of carbonyl (C=O) groups excluding carboxylic acids is 1. The lowest BCUT2D eigenvalue weighted by Crippen LogP contribution is -2.30. The number of benzene rings is 1. The second-order valence-electron chi connectivity index (χ2n) is 6.45. The van der Waals surface area contributed by atoms with Crippen LogP contribution in [-0.2, 0) is 4.79 Å². The van der Waals surface area contributed by atoms with Crippen LogP contribution in [0.15, 0.2) is 48.9 Å². The van der Waals surface area contributed by atoms with E-state index in [2.05, 4.69) is 15.5 Å². The number of nitrogens with one attached hydrogen (secondary N) is 1. The molecular weight excluding hydrogens is 330 g/mol. The van der Waals surface area contributed by atoms with E-state index in [-0.39, 0.29) is 11.9 Å². The summed E-state index contributed by atoms with van der Waals surface area (Å²) in [4.78, 5) is 12.4. The predicted molar refractivity (Wildman–Crippen MR) is 99.6 cm³/mol. The molecule has 0 radical (unpaired) electrons. The summed E-state index contributed by atoms with van der Waals surface area (Å²) in [5.41, 5.74) is 2.44. The number of aryl methyl sites for hydroxylation is 1. The van der Waals surface area contributed by atoms with Crippen molar-refractivity contribution in [1.82, 2.24) is 19.6 Å². The van der Waals surface area contributed by atoms with E-state index in [0.29, 0.717) is 11.6 Å². The summed E-state index contributed by atoms with van der Waals surface area (Å²) in [5, 5.41) is 11.5. The van der Waals surface area contributed by atoms with Gasteiger partial charge in [-0.15, -0.1) is 5.10 Å². The first-order valence-electron chi connectivity index (χ1n) is 8.57. The third-order valence-electron chi connectivity index (χ3n) is 3.93. The molecular formula is C19H23N5O2. The van der Waals surface area contributed by atoms with Gasteiger partial charge in [0.2, 0.25) is 5.88 Å². The molecule has 0 aliphatic heterocycles. The first-order valence-corrected chi connectivity index (χ1v) is 8.57. The number of hydrogen-bond acceptors (Lipinski definition) is 4. The normalized spacial score (nSPS) is 12.2. The van der Waals surface area contributed by atoms with Crippen molar-refractivity contribution in [1.29, 1.82) is 0 Å². The van der Waals surface area contributed by atoms with Gasteiger partial charge in [-0.05, 0) is 39.8 Å². The third kappa shape index (κ3) is 3.93. The lowest BCUT2D eigenvalue weighted by Gasteiger charge is -2.12. The Morgan fingerprint density at radius 2 is 1.88 bits per heavy atom. The van der Waals surface area contributed by atoms with Crippen LogP contribution in [0.3, 0.4) is 0 Å². The van der Waals surface area contributed by atoms with E-state index in [1.807, 2.05) is 57.3 Å². The van der Waals surface area contributed by atoms with Crippen molar-refractivity contribution in [3.63, 3.8) is 0 Å². The maximum Gasteiger partial charge on any atom is 0.265 e. The number of rotatable bonds is 6. The number of amides is 1. The third-order valence-corrected chi connectivity index (χ3v) is 3.93. The minimum Gasteiger partial charge on any atom is -0.463 e. The average Bonchev–Trinajstić information content (AvgIpc) is 3.23. The van der Waals surface area contributed by atoms with Crippen molar-refractivity contribution < 1.29 is 9.53 Å². The average molecular weight is 353 g/mol. The Morgan fingerprint density at radius 3 is 2.54 bits per heavy atom. The monoisotopic (exact) mass is 353 g/mol. The summed E-state index contributed by atoms with van der Waals surface area (Å²) in [7, 11) is 0. The lowest BCUT2D eigenvalue weighted by molar-refractivity contribution is -0.122. The highest BCUT2D eigenvalue weighted by atomic mass is 16.5. The summed E-state index contributed by atoms with van der Waals surface area (Å²) in [6.45, 7) is 7.65. The van der Waals surface area contributed by atoms with Gasteiger partial charge in [-0.1, -0.05) is 18.2 Å². The van der Waals surface area contributed by atoms with Crippen LogP contribution >= 0.6 is 0 Å². The van der Waals surface area contributed by atoms with Crippen molar-refractivity contribution in [3.8, 4) is 11.6 Å². The first kappa shape index (κ1) is 17.7. The number of hydrogen-bond donors (Lipinski definition) is 1. The first-order chi connectivity index (χ1) is 12.4. The molecule has 2 heterocycles. The molecule has 0 spiro atoms. The molecule has 0 fully saturated rings. The van der Waals surface area contributed by atoms with E-state index in [0.717, 1.165) is 11.3 Å². The SMILES string of the molecule is Cc1cn(-c2ccccc2)nc1O[C@H](C)C(=O)Nc1cnn(C(C)C)c1. The number of ether oxygens (including phenoxy) is 1. The molecule has 3 aromatic rings. The van der Waals surface area contributed by atoms with E-state index >= 15 is 0 Å². The standard InChI is InChI=1S/C19H23N5O2/c1-13(2)23-12-16(10-20-23)21-18(25)15(4)26-19-14(3)11-24(22-19)17-8-6-5-7-9-17/h5-13,15H,1-4H3,(H,21,25)/t15-/m1/s1. The van der Waals surface area contributed by atoms with Crippen molar-refractivity contribution >= 4 is 11.6 Å². The van der Waals surface area contributed by atoms with Crippen LogP contribution in [0.25, 0.3) is 5.69 Å². The summed E-state index contributed by atoms with van der Waals surface area (Å²) in [6.07, 6.45) is 4.61. The molecule has 1 atom stereocenters. The van der Waals surface area contributed by atoms with Gasteiger partial charge < -0.3 is 10.1 Å². The second kappa shape index (κ2) is 7.43. The smallest absolute Gasteiger partial charge is 0.265 e. The largest absolute Gasteiger partial charge is 0.463 e. The van der Waals surface area contributed by atoms with E-state index in [4.69, 9.17) is 4.74 Å². The molecule has 7 heteroatoms. The van der Waals surface area contributed by atoms with Gasteiger partial charge in [0, 0.05) is 24.0 Å². The molecule has 3 rings (SSSR count). The number of aromatic nitrogens is 4. The van der Waals surface area contributed by atoms with Gasteiger partial charge in [0.05, 0.1) is 17.6 Å². The number of nitrogens with zero attached hydrogens (tertiary/aromatic N) is 4. The molecule has 136 valence electrons. The molecule has 0 bridgehead atoms. The Bertz CT molecular complexity index is 882. The van der Waals surface area contributed by atoms with E-state index < -0.39 is 6.10 Å². The number of carbonyl (C=O) groups is 1. The van der Waals surface area contributed by atoms with Gasteiger partial charge in [0.25, 0.3) is 5.91 Å². The lowest BCUT2D eigenvalue weighted by atomic mass is 10.3. The summed E-state index contributed by atoms with van der Waals surface area (Å²) < 4.78 is 9.29. The Hall–Kier alpha value is -3.09. The molecule has 26 heavy (non-hydrogen) atoms. The Morgan fingerprint density at radius 1 is 1.15 bits per heavy atom. The molecule has 1 N–H and O–H groups in total. The fraction of sp³-hybridized carbons (Fsp3) is 0.316. The van der Waals surface area contributed by atoms with Gasteiger partial charge in [-0.2, -0.15) is 5.10 Å². The van der Waals surface area contributed by atoms with Crippen molar-refractivity contribution in [2.45, 2.75) is 39.8 Å². The molecule has 1 amide bonds. The zero-order chi connectivity index (χ0) is 18.7. The van der Waals surface area contributed by atoms with Crippen LogP contribution in [0.5, 0.6) is 5.88 Å². The maximum absolute atomic E-state index is 12.4. The fourth-order valence-corrected chi connectivity index (χ4v) is 2.42. The predicted octanol–water partition coefficient (Wildman–Crippen LogP) is 3.36. The highest BCUT2D eigenvalue weighted by Gasteiger charge is 2.19. The van der Waals surface area contributed by atoms with Crippen molar-refractivity contribution in [3.05, 3.63) is 54.5 Å². The zero-order valence-electron chi connectivity index (χ0n) is 15.4. The molecule has 0 unspecified atom stereocenters. The minimum atomic E-state index is -0.685. The molecule has 0 saturated heterocycles. The van der Waals surface area contributed by atoms with Crippen LogP contribution in [0, 0.1) is 6.92 Å². The van der Waals surface area contributed by atoms with Gasteiger partial charge in [-0.3, -0.25) is 9.48 Å². The van der Waals surface area contributed by atoms with E-state index in [1.165, 1.54) is 0 Å². The van der Waals surface area contributed by atoms with Crippen LogP contribution in [0.4, 0.5) is 5.69 Å². The van der Waals surface area contributed by atoms with Gasteiger partial charge >= 0.3 is 0 Å². The van der Waals surface area contributed by atoms with Crippen molar-refractivity contribution in [2.24, 2.45) is 0 Å². The Labute approximate surface area is 152 Å².